The number of rotatable bonds is 3. The molecule has 3 nitrogen and oxygen atoms in total. The normalized spacial score (nSPS) is 25.4. The van der Waals surface area contributed by atoms with Crippen LogP contribution in [0.4, 0.5) is 4.39 Å². The summed E-state index contributed by atoms with van der Waals surface area (Å²) in [7, 11) is 0. The van der Waals surface area contributed by atoms with E-state index < -0.39 is 5.67 Å². The maximum atomic E-state index is 15.2. The molecule has 2 aliphatic heterocycles. The van der Waals surface area contributed by atoms with Crippen molar-refractivity contribution in [3.63, 3.8) is 0 Å². The van der Waals surface area contributed by atoms with Crippen molar-refractivity contribution >= 4 is 0 Å². The first-order valence-corrected chi connectivity index (χ1v) is 7.42. The number of benzene rings is 1. The summed E-state index contributed by atoms with van der Waals surface area (Å²) in [6.07, 6.45) is 2.40. The second-order valence-electron chi connectivity index (χ2n) is 5.87. The van der Waals surface area contributed by atoms with E-state index in [0.717, 1.165) is 30.7 Å². The molecule has 1 aromatic rings. The molecule has 0 amide bonds. The fourth-order valence-corrected chi connectivity index (χ4v) is 3.12. The largest absolute Gasteiger partial charge is 0.493 e. The van der Waals surface area contributed by atoms with Crippen LogP contribution in [-0.2, 0) is 16.8 Å². The lowest BCUT2D eigenvalue weighted by Gasteiger charge is -2.32. The van der Waals surface area contributed by atoms with E-state index in [1.807, 2.05) is 18.2 Å². The van der Waals surface area contributed by atoms with Gasteiger partial charge in [0.05, 0.1) is 19.8 Å². The minimum Gasteiger partial charge on any atom is -0.493 e. The van der Waals surface area contributed by atoms with Gasteiger partial charge in [-0.2, -0.15) is 0 Å². The molecule has 0 aromatic heterocycles. The lowest BCUT2D eigenvalue weighted by molar-refractivity contribution is 0.0464. The number of aryl methyl sites for hydroxylation is 1. The van der Waals surface area contributed by atoms with Gasteiger partial charge in [0.25, 0.3) is 0 Å². The zero-order valence-electron chi connectivity index (χ0n) is 12.0. The van der Waals surface area contributed by atoms with Crippen molar-refractivity contribution in [3.8, 4) is 5.75 Å². The Balaban J connectivity index is 1.82. The molecule has 3 rings (SSSR count). The van der Waals surface area contributed by atoms with Gasteiger partial charge in [-0.3, -0.25) is 0 Å². The van der Waals surface area contributed by atoms with E-state index in [9.17, 15) is 0 Å². The van der Waals surface area contributed by atoms with Crippen molar-refractivity contribution in [2.24, 2.45) is 0 Å². The summed E-state index contributed by atoms with van der Waals surface area (Å²) in [5, 5.41) is 3.32. The smallest absolute Gasteiger partial charge is 0.138 e. The highest BCUT2D eigenvalue weighted by Gasteiger charge is 2.34. The van der Waals surface area contributed by atoms with E-state index in [0.29, 0.717) is 31.8 Å². The fourth-order valence-electron chi connectivity index (χ4n) is 3.12. The van der Waals surface area contributed by atoms with Gasteiger partial charge >= 0.3 is 0 Å². The second kappa shape index (κ2) is 5.70. The first kappa shape index (κ1) is 13.8. The van der Waals surface area contributed by atoms with Gasteiger partial charge in [0.15, 0.2) is 0 Å². The maximum Gasteiger partial charge on any atom is 0.138 e. The number of halogens is 1. The number of nitrogens with one attached hydrogen (secondary N) is 1. The molecule has 0 radical (unpaired) electrons. The molecule has 2 aliphatic rings. The summed E-state index contributed by atoms with van der Waals surface area (Å²) in [4.78, 5) is 0. The molecule has 2 atom stereocenters. The third kappa shape index (κ3) is 2.81. The molecule has 2 heterocycles. The van der Waals surface area contributed by atoms with Crippen LogP contribution in [0.2, 0.25) is 0 Å². The molecule has 0 saturated carbocycles. The molecule has 1 aromatic carbocycles. The molecular weight excluding hydrogens is 257 g/mol. The Bertz CT molecular complexity index is 470. The number of fused-ring (bicyclic) bond motifs is 1. The molecule has 1 saturated heterocycles. The number of hydrogen-bond acceptors (Lipinski definition) is 3. The van der Waals surface area contributed by atoms with Crippen molar-refractivity contribution in [3.05, 3.63) is 29.3 Å². The van der Waals surface area contributed by atoms with Crippen LogP contribution in [0.5, 0.6) is 5.75 Å². The summed E-state index contributed by atoms with van der Waals surface area (Å²) in [5.41, 5.74) is 0.411. The lowest BCUT2D eigenvalue weighted by Crippen LogP contribution is -2.44. The Morgan fingerprint density at radius 2 is 2.30 bits per heavy atom. The molecule has 2 unspecified atom stereocenters. The van der Waals surface area contributed by atoms with Crippen LogP contribution in [0.1, 0.15) is 30.9 Å². The van der Waals surface area contributed by atoms with Gasteiger partial charge in [-0.15, -0.1) is 0 Å². The van der Waals surface area contributed by atoms with Gasteiger partial charge in [0.2, 0.25) is 0 Å². The van der Waals surface area contributed by atoms with Crippen molar-refractivity contribution in [2.45, 2.75) is 37.9 Å². The SMILES string of the molecule is CC(F)(CC1COCCN1)c1cccc2c1OCCC2. The van der Waals surface area contributed by atoms with Crippen LogP contribution < -0.4 is 10.1 Å². The van der Waals surface area contributed by atoms with Crippen molar-refractivity contribution < 1.29 is 13.9 Å². The average Bonchev–Trinajstić information content (AvgIpc) is 2.47. The molecule has 4 heteroatoms. The van der Waals surface area contributed by atoms with Gasteiger partial charge in [0.1, 0.15) is 11.4 Å². The summed E-state index contributed by atoms with van der Waals surface area (Å²) in [6, 6.07) is 5.90. The van der Waals surface area contributed by atoms with E-state index in [1.165, 1.54) is 0 Å². The number of para-hydroxylation sites is 1. The van der Waals surface area contributed by atoms with E-state index >= 15 is 4.39 Å². The van der Waals surface area contributed by atoms with Gasteiger partial charge in [-0.05, 0) is 25.3 Å². The highest BCUT2D eigenvalue weighted by Crippen LogP contribution is 2.40. The fraction of sp³-hybridized carbons (Fsp3) is 0.625. The average molecular weight is 279 g/mol. The molecule has 110 valence electrons. The first-order valence-electron chi connectivity index (χ1n) is 7.42. The number of alkyl halides is 1. The molecule has 0 bridgehead atoms. The standard InChI is InChI=1S/C16H22FNO2/c1-16(17,10-13-11-19-9-7-18-13)14-6-2-4-12-5-3-8-20-15(12)14/h2,4,6,13,18H,3,5,7-11H2,1H3. The minimum absolute atomic E-state index is 0.0678. The summed E-state index contributed by atoms with van der Waals surface area (Å²) < 4.78 is 26.4. The van der Waals surface area contributed by atoms with Crippen LogP contribution in [-0.4, -0.2) is 32.4 Å². The van der Waals surface area contributed by atoms with Crippen LogP contribution in [0.15, 0.2) is 18.2 Å². The minimum atomic E-state index is -1.40. The van der Waals surface area contributed by atoms with Gasteiger partial charge in [-0.1, -0.05) is 18.2 Å². The number of ether oxygens (including phenoxy) is 2. The molecular formula is C16H22FNO2. The Morgan fingerprint density at radius 3 is 3.10 bits per heavy atom. The van der Waals surface area contributed by atoms with Gasteiger partial charge in [0, 0.05) is 24.6 Å². The van der Waals surface area contributed by atoms with E-state index in [1.54, 1.807) is 6.92 Å². The Kier molecular flexibility index (Phi) is 3.94. The van der Waals surface area contributed by atoms with Crippen LogP contribution >= 0.6 is 0 Å². The zero-order chi connectivity index (χ0) is 14.0. The number of hydrogen-bond donors (Lipinski definition) is 1. The highest BCUT2D eigenvalue weighted by atomic mass is 19.1. The monoisotopic (exact) mass is 279 g/mol. The van der Waals surface area contributed by atoms with Crippen molar-refractivity contribution in [1.29, 1.82) is 0 Å². The predicted octanol–water partition coefficient (Wildman–Crippen LogP) is 2.57. The molecule has 1 N–H and O–H groups in total. The number of morpholine rings is 1. The molecule has 20 heavy (non-hydrogen) atoms. The Morgan fingerprint density at radius 1 is 1.40 bits per heavy atom. The quantitative estimate of drug-likeness (QED) is 0.922. The molecule has 0 aliphatic carbocycles. The maximum absolute atomic E-state index is 15.2. The highest BCUT2D eigenvalue weighted by molar-refractivity contribution is 5.45. The van der Waals surface area contributed by atoms with E-state index in [4.69, 9.17) is 9.47 Å². The Labute approximate surface area is 119 Å². The van der Waals surface area contributed by atoms with Crippen LogP contribution in [0, 0.1) is 0 Å². The van der Waals surface area contributed by atoms with E-state index in [-0.39, 0.29) is 6.04 Å². The summed E-state index contributed by atoms with van der Waals surface area (Å²) in [6.45, 7) is 4.42. The molecule has 1 fully saturated rings. The second-order valence-corrected chi connectivity index (χ2v) is 5.87. The van der Waals surface area contributed by atoms with Gasteiger partial charge in [-0.25, -0.2) is 4.39 Å². The molecule has 0 spiro atoms. The van der Waals surface area contributed by atoms with Crippen molar-refractivity contribution in [2.75, 3.05) is 26.4 Å². The summed E-state index contributed by atoms with van der Waals surface area (Å²) in [5.74, 6) is 0.764. The predicted molar refractivity (Wildman–Crippen MR) is 75.9 cm³/mol. The third-order valence-corrected chi connectivity index (χ3v) is 4.12. The summed E-state index contributed by atoms with van der Waals surface area (Å²) >= 11 is 0. The van der Waals surface area contributed by atoms with Crippen molar-refractivity contribution in [1.82, 2.24) is 5.32 Å². The Hall–Kier alpha value is -1.13. The third-order valence-electron chi connectivity index (χ3n) is 4.12. The van der Waals surface area contributed by atoms with E-state index in [2.05, 4.69) is 5.32 Å². The first-order chi connectivity index (χ1) is 9.67. The topological polar surface area (TPSA) is 30.5 Å². The lowest BCUT2D eigenvalue weighted by atomic mass is 9.87. The van der Waals surface area contributed by atoms with Crippen LogP contribution in [0.3, 0.4) is 0 Å². The van der Waals surface area contributed by atoms with Gasteiger partial charge < -0.3 is 14.8 Å². The van der Waals surface area contributed by atoms with Crippen LogP contribution in [0.25, 0.3) is 0 Å². The zero-order valence-corrected chi connectivity index (χ0v) is 12.0.